The Labute approximate surface area is 150 Å². The van der Waals surface area contributed by atoms with Crippen LogP contribution in [0.1, 0.15) is 63.4 Å². The number of hydrogen-bond donors (Lipinski definition) is 0. The molecule has 0 N–H and O–H groups in total. The Morgan fingerprint density at radius 3 is 2.64 bits per heavy atom. The molecule has 0 saturated heterocycles. The van der Waals surface area contributed by atoms with E-state index >= 15 is 0 Å². The fourth-order valence-corrected chi connectivity index (χ4v) is 5.31. The van der Waals surface area contributed by atoms with Gasteiger partial charge in [0.05, 0.1) is 6.61 Å². The van der Waals surface area contributed by atoms with Crippen molar-refractivity contribution in [2.45, 2.75) is 63.9 Å². The number of ether oxygens (including phenoxy) is 2. The minimum absolute atomic E-state index is 0.150. The van der Waals surface area contributed by atoms with E-state index in [4.69, 9.17) is 9.47 Å². The molecule has 0 aromatic heterocycles. The maximum atomic E-state index is 14.7. The molecular weight excluding hydrogens is 315 g/mol. The largest absolute Gasteiger partial charge is 0.491 e. The number of rotatable bonds is 4. The number of allylic oxidation sites excluding steroid dienone is 1. The van der Waals surface area contributed by atoms with Crippen LogP contribution in [0.25, 0.3) is 0 Å². The van der Waals surface area contributed by atoms with Gasteiger partial charge in [-0.1, -0.05) is 12.1 Å². The first-order chi connectivity index (χ1) is 12.2. The molecule has 0 bridgehead atoms. The van der Waals surface area contributed by atoms with Gasteiger partial charge in [-0.15, -0.1) is 6.58 Å². The van der Waals surface area contributed by atoms with Crippen LogP contribution < -0.4 is 9.47 Å². The lowest BCUT2D eigenvalue weighted by Crippen LogP contribution is -2.33. The first-order valence-electron chi connectivity index (χ1n) is 9.95. The van der Waals surface area contributed by atoms with E-state index in [0.717, 1.165) is 30.2 Å². The van der Waals surface area contributed by atoms with Gasteiger partial charge in [0.25, 0.3) is 0 Å². The van der Waals surface area contributed by atoms with Gasteiger partial charge in [0, 0.05) is 11.5 Å². The van der Waals surface area contributed by atoms with Crippen LogP contribution in [0.3, 0.4) is 0 Å². The number of hydrogen-bond acceptors (Lipinski definition) is 2. The summed E-state index contributed by atoms with van der Waals surface area (Å²) in [4.78, 5) is 0. The molecule has 1 aliphatic heterocycles. The lowest BCUT2D eigenvalue weighted by molar-refractivity contribution is 0.0840. The van der Waals surface area contributed by atoms with Crippen molar-refractivity contribution in [3.8, 4) is 11.5 Å². The second-order valence-corrected chi connectivity index (χ2v) is 7.98. The molecule has 2 aliphatic carbocycles. The zero-order valence-electron chi connectivity index (χ0n) is 15.2. The van der Waals surface area contributed by atoms with E-state index in [-0.39, 0.29) is 11.9 Å². The average Bonchev–Trinajstić information content (AvgIpc) is 3.03. The van der Waals surface area contributed by atoms with Crippen LogP contribution >= 0.6 is 0 Å². The molecule has 3 atom stereocenters. The molecule has 1 aromatic carbocycles. The molecule has 136 valence electrons. The monoisotopic (exact) mass is 344 g/mol. The van der Waals surface area contributed by atoms with E-state index in [1.807, 2.05) is 13.0 Å². The zero-order chi connectivity index (χ0) is 17.4. The van der Waals surface area contributed by atoms with E-state index in [9.17, 15) is 4.39 Å². The smallest absolute Gasteiger partial charge is 0.207 e. The third-order valence-corrected chi connectivity index (χ3v) is 6.71. The molecule has 1 aromatic rings. The van der Waals surface area contributed by atoms with Gasteiger partial charge in [0.2, 0.25) is 5.82 Å². The highest BCUT2D eigenvalue weighted by Crippen LogP contribution is 2.52. The third kappa shape index (κ3) is 3.07. The van der Waals surface area contributed by atoms with Gasteiger partial charge in [-0.2, -0.15) is 4.39 Å². The predicted octanol–water partition coefficient (Wildman–Crippen LogP) is 5.86. The molecule has 0 unspecified atom stereocenters. The van der Waals surface area contributed by atoms with Crippen LogP contribution in [0, 0.1) is 23.6 Å². The Hall–Kier alpha value is -1.51. The topological polar surface area (TPSA) is 18.5 Å². The summed E-state index contributed by atoms with van der Waals surface area (Å²) in [5, 5.41) is 0. The summed E-state index contributed by atoms with van der Waals surface area (Å²) >= 11 is 0. The molecule has 3 heteroatoms. The van der Waals surface area contributed by atoms with Crippen LogP contribution in [-0.2, 0) is 0 Å². The molecule has 2 nitrogen and oxygen atoms in total. The van der Waals surface area contributed by atoms with Crippen LogP contribution in [0.5, 0.6) is 11.5 Å². The lowest BCUT2D eigenvalue weighted by Gasteiger charge is -2.38. The maximum absolute atomic E-state index is 14.7. The van der Waals surface area contributed by atoms with E-state index in [0.29, 0.717) is 29.9 Å². The summed E-state index contributed by atoms with van der Waals surface area (Å²) in [6.07, 6.45) is 10.9. The summed E-state index contributed by atoms with van der Waals surface area (Å²) in [5.74, 6) is 3.09. The standard InChI is InChI=1S/C22H29FO2/c1-3-14-5-7-15(8-6-14)16-9-10-17-18-11-12-19(24-4-2)21(23)22(18)25-20(17)13-16/h3,11-12,14-17,20H,1,4-10,13H2,2H3/t14?,15?,16-,17+,20-/m1/s1. The molecule has 2 fully saturated rings. The van der Waals surface area contributed by atoms with E-state index < -0.39 is 0 Å². The Morgan fingerprint density at radius 2 is 1.92 bits per heavy atom. The maximum Gasteiger partial charge on any atom is 0.207 e. The molecule has 25 heavy (non-hydrogen) atoms. The van der Waals surface area contributed by atoms with Crippen molar-refractivity contribution in [2.24, 2.45) is 17.8 Å². The van der Waals surface area contributed by atoms with Crippen LogP contribution in [0.2, 0.25) is 0 Å². The van der Waals surface area contributed by atoms with Crippen molar-refractivity contribution in [3.63, 3.8) is 0 Å². The highest BCUT2D eigenvalue weighted by atomic mass is 19.1. The molecule has 2 saturated carbocycles. The second kappa shape index (κ2) is 7.01. The quantitative estimate of drug-likeness (QED) is 0.637. The Kier molecular flexibility index (Phi) is 4.75. The first-order valence-corrected chi connectivity index (χ1v) is 9.95. The number of halogens is 1. The predicted molar refractivity (Wildman–Crippen MR) is 97.7 cm³/mol. The minimum atomic E-state index is -0.309. The second-order valence-electron chi connectivity index (χ2n) is 7.98. The molecule has 3 aliphatic rings. The summed E-state index contributed by atoms with van der Waals surface area (Å²) < 4.78 is 26.2. The van der Waals surface area contributed by atoms with E-state index in [2.05, 4.69) is 12.7 Å². The summed E-state index contributed by atoms with van der Waals surface area (Å²) in [5.41, 5.74) is 1.06. The van der Waals surface area contributed by atoms with Gasteiger partial charge in [-0.25, -0.2) is 0 Å². The Morgan fingerprint density at radius 1 is 1.16 bits per heavy atom. The number of fused-ring (bicyclic) bond motifs is 3. The van der Waals surface area contributed by atoms with E-state index in [1.165, 1.54) is 32.1 Å². The van der Waals surface area contributed by atoms with Crippen molar-refractivity contribution in [2.75, 3.05) is 6.61 Å². The Bertz CT molecular complexity index is 633. The summed E-state index contributed by atoms with van der Waals surface area (Å²) in [6, 6.07) is 3.79. The third-order valence-electron chi connectivity index (χ3n) is 6.71. The fraction of sp³-hybridized carbons (Fsp3) is 0.636. The molecule has 0 radical (unpaired) electrons. The molecule has 0 spiro atoms. The van der Waals surface area contributed by atoms with Gasteiger partial charge >= 0.3 is 0 Å². The minimum Gasteiger partial charge on any atom is -0.491 e. The summed E-state index contributed by atoms with van der Waals surface area (Å²) in [7, 11) is 0. The normalized spacial score (nSPS) is 33.9. The van der Waals surface area contributed by atoms with Crippen molar-refractivity contribution in [1.29, 1.82) is 0 Å². The van der Waals surface area contributed by atoms with Crippen molar-refractivity contribution >= 4 is 0 Å². The Balaban J connectivity index is 1.45. The molecule has 4 rings (SSSR count). The molecule has 0 amide bonds. The van der Waals surface area contributed by atoms with Crippen molar-refractivity contribution < 1.29 is 13.9 Å². The highest BCUT2D eigenvalue weighted by Gasteiger charge is 2.43. The van der Waals surface area contributed by atoms with Crippen LogP contribution in [0.15, 0.2) is 24.8 Å². The molecular formula is C22H29FO2. The van der Waals surface area contributed by atoms with Crippen molar-refractivity contribution in [3.05, 3.63) is 36.2 Å². The van der Waals surface area contributed by atoms with E-state index in [1.54, 1.807) is 6.07 Å². The van der Waals surface area contributed by atoms with Gasteiger partial charge in [-0.3, -0.25) is 0 Å². The SMILES string of the molecule is C=CC1CCC([C@@H]2CC[C@H]3c4ccc(OCC)c(F)c4O[C@@H]3C2)CC1. The van der Waals surface area contributed by atoms with Crippen LogP contribution in [-0.4, -0.2) is 12.7 Å². The highest BCUT2D eigenvalue weighted by molar-refractivity contribution is 5.48. The van der Waals surface area contributed by atoms with Crippen LogP contribution in [0.4, 0.5) is 4.39 Å². The summed E-state index contributed by atoms with van der Waals surface area (Å²) in [6.45, 7) is 6.30. The lowest BCUT2D eigenvalue weighted by atomic mass is 9.68. The number of benzene rings is 1. The zero-order valence-corrected chi connectivity index (χ0v) is 15.2. The molecule has 1 heterocycles. The fourth-order valence-electron chi connectivity index (χ4n) is 5.31. The average molecular weight is 344 g/mol. The van der Waals surface area contributed by atoms with Gasteiger partial charge in [0.1, 0.15) is 6.10 Å². The van der Waals surface area contributed by atoms with Crippen molar-refractivity contribution in [1.82, 2.24) is 0 Å². The first kappa shape index (κ1) is 16.9. The van der Waals surface area contributed by atoms with Gasteiger partial charge in [0.15, 0.2) is 11.5 Å². The van der Waals surface area contributed by atoms with Gasteiger partial charge < -0.3 is 9.47 Å². The van der Waals surface area contributed by atoms with Gasteiger partial charge in [-0.05, 0) is 75.7 Å².